The smallest absolute Gasteiger partial charge is 0.255 e. The first-order valence-corrected chi connectivity index (χ1v) is 6.98. The zero-order valence-corrected chi connectivity index (χ0v) is 13.0. The zero-order valence-electron chi connectivity index (χ0n) is 10.6. The number of nitrogens with one attached hydrogen (secondary N) is 1. The molecule has 1 amide bonds. The van der Waals surface area contributed by atoms with Gasteiger partial charge in [-0.15, -0.1) is 0 Å². The molecule has 0 aliphatic heterocycles. The average Bonchev–Trinajstić information content (AvgIpc) is 2.33. The Morgan fingerprint density at radius 1 is 1.11 bits per heavy atom. The van der Waals surface area contributed by atoms with Crippen molar-refractivity contribution < 1.29 is 4.79 Å². The Balaban J connectivity index is 2.23. The van der Waals surface area contributed by atoms with Crippen molar-refractivity contribution in [2.24, 2.45) is 0 Å². The Bertz CT molecular complexity index is 640. The van der Waals surface area contributed by atoms with E-state index in [1.165, 1.54) is 0 Å². The first kappa shape index (κ1) is 14.1. The van der Waals surface area contributed by atoms with Gasteiger partial charge in [0, 0.05) is 20.7 Å². The van der Waals surface area contributed by atoms with E-state index < -0.39 is 0 Å². The highest BCUT2D eigenvalue weighted by Crippen LogP contribution is 2.21. The highest BCUT2D eigenvalue weighted by Gasteiger charge is 2.10. The summed E-state index contributed by atoms with van der Waals surface area (Å²) in [5.41, 5.74) is 3.34. The molecule has 0 saturated heterocycles. The van der Waals surface area contributed by atoms with Crippen LogP contribution in [0.5, 0.6) is 0 Å². The Hall–Kier alpha value is -1.32. The maximum Gasteiger partial charge on any atom is 0.255 e. The lowest BCUT2D eigenvalue weighted by molar-refractivity contribution is 0.102. The van der Waals surface area contributed by atoms with Crippen molar-refractivity contribution in [2.75, 3.05) is 5.32 Å². The van der Waals surface area contributed by atoms with Crippen molar-refractivity contribution in [3.8, 4) is 0 Å². The van der Waals surface area contributed by atoms with Crippen LogP contribution in [0.4, 0.5) is 5.69 Å². The molecule has 0 atom stereocenters. The van der Waals surface area contributed by atoms with Crippen LogP contribution in [0.15, 0.2) is 40.9 Å². The molecule has 98 valence electrons. The van der Waals surface area contributed by atoms with Gasteiger partial charge in [0.15, 0.2) is 0 Å². The summed E-state index contributed by atoms with van der Waals surface area (Å²) in [6, 6.07) is 10.9. The number of benzene rings is 2. The van der Waals surface area contributed by atoms with Gasteiger partial charge in [0.05, 0.1) is 0 Å². The van der Waals surface area contributed by atoms with Gasteiger partial charge in [0.1, 0.15) is 0 Å². The van der Waals surface area contributed by atoms with Crippen LogP contribution in [0, 0.1) is 13.8 Å². The van der Waals surface area contributed by atoms with E-state index in [1.54, 1.807) is 18.2 Å². The lowest BCUT2D eigenvalue weighted by Crippen LogP contribution is -2.13. The van der Waals surface area contributed by atoms with E-state index in [9.17, 15) is 4.79 Å². The van der Waals surface area contributed by atoms with Crippen LogP contribution in [0.3, 0.4) is 0 Å². The van der Waals surface area contributed by atoms with Gasteiger partial charge >= 0.3 is 0 Å². The number of carbonyl (C=O) groups excluding carboxylic acids is 1. The second kappa shape index (κ2) is 5.76. The van der Waals surface area contributed by atoms with Gasteiger partial charge in [0.2, 0.25) is 0 Å². The first-order valence-electron chi connectivity index (χ1n) is 5.81. The van der Waals surface area contributed by atoms with Gasteiger partial charge in [-0.1, -0.05) is 27.5 Å². The maximum absolute atomic E-state index is 12.2. The van der Waals surface area contributed by atoms with Crippen LogP contribution < -0.4 is 5.32 Å². The summed E-state index contributed by atoms with van der Waals surface area (Å²) in [7, 11) is 0. The van der Waals surface area contributed by atoms with Crippen LogP contribution in [0.2, 0.25) is 5.02 Å². The molecule has 0 fully saturated rings. The van der Waals surface area contributed by atoms with Gasteiger partial charge in [-0.2, -0.15) is 0 Å². The molecule has 2 aromatic rings. The van der Waals surface area contributed by atoms with Crippen LogP contribution in [0.1, 0.15) is 21.5 Å². The van der Waals surface area contributed by atoms with Gasteiger partial charge < -0.3 is 5.32 Å². The van der Waals surface area contributed by atoms with Crippen LogP contribution in [-0.2, 0) is 0 Å². The largest absolute Gasteiger partial charge is 0.322 e. The molecular formula is C15H13BrClNO. The summed E-state index contributed by atoms with van der Waals surface area (Å²) in [6.45, 7) is 3.85. The Kier molecular flexibility index (Phi) is 4.27. The minimum Gasteiger partial charge on any atom is -0.322 e. The highest BCUT2D eigenvalue weighted by molar-refractivity contribution is 9.10. The second-order valence-corrected chi connectivity index (χ2v) is 5.67. The fourth-order valence-corrected chi connectivity index (χ4v) is 2.28. The van der Waals surface area contributed by atoms with Crippen LogP contribution >= 0.6 is 27.5 Å². The number of rotatable bonds is 2. The van der Waals surface area contributed by atoms with E-state index in [1.807, 2.05) is 32.0 Å². The Morgan fingerprint density at radius 3 is 2.47 bits per heavy atom. The molecule has 0 spiro atoms. The fourth-order valence-electron chi connectivity index (χ4n) is 1.80. The molecule has 0 saturated carbocycles. The molecule has 2 rings (SSSR count). The topological polar surface area (TPSA) is 29.1 Å². The number of amides is 1. The van der Waals surface area contributed by atoms with Crippen molar-refractivity contribution >= 4 is 39.1 Å². The number of hydrogen-bond acceptors (Lipinski definition) is 1. The standard InChI is InChI=1S/C15H13BrClNO/c1-9-7-11(17)3-5-13(9)15(19)18-12-4-6-14(16)10(2)8-12/h3-8H,1-2H3,(H,18,19). The predicted molar refractivity (Wildman–Crippen MR) is 83.0 cm³/mol. The van der Waals surface area contributed by atoms with Gasteiger partial charge in [-0.25, -0.2) is 0 Å². The monoisotopic (exact) mass is 337 g/mol. The minimum atomic E-state index is -0.129. The number of carbonyl (C=O) groups is 1. The number of hydrogen-bond donors (Lipinski definition) is 1. The van der Waals surface area contributed by atoms with Crippen molar-refractivity contribution in [1.29, 1.82) is 0 Å². The predicted octanol–water partition coefficient (Wildman–Crippen LogP) is 4.97. The molecule has 2 aromatic carbocycles. The summed E-state index contributed by atoms with van der Waals surface area (Å²) >= 11 is 9.32. The SMILES string of the molecule is Cc1cc(NC(=O)c2ccc(Cl)cc2C)ccc1Br. The van der Waals surface area contributed by atoms with Crippen molar-refractivity contribution in [3.05, 3.63) is 62.6 Å². The molecule has 0 aliphatic carbocycles. The molecule has 0 aromatic heterocycles. The molecule has 4 heteroatoms. The molecule has 0 aliphatic rings. The van der Waals surface area contributed by atoms with E-state index in [2.05, 4.69) is 21.2 Å². The van der Waals surface area contributed by atoms with Gasteiger partial charge in [-0.05, 0) is 61.4 Å². The fraction of sp³-hybridized carbons (Fsp3) is 0.133. The zero-order chi connectivity index (χ0) is 14.0. The van der Waals surface area contributed by atoms with Crippen LogP contribution in [0.25, 0.3) is 0 Å². The second-order valence-electron chi connectivity index (χ2n) is 4.38. The van der Waals surface area contributed by atoms with Crippen molar-refractivity contribution in [1.82, 2.24) is 0 Å². The highest BCUT2D eigenvalue weighted by atomic mass is 79.9. The summed E-state index contributed by atoms with van der Waals surface area (Å²) in [4.78, 5) is 12.2. The molecule has 0 unspecified atom stereocenters. The van der Waals surface area contributed by atoms with E-state index >= 15 is 0 Å². The maximum atomic E-state index is 12.2. The molecule has 0 bridgehead atoms. The van der Waals surface area contributed by atoms with Gasteiger partial charge in [-0.3, -0.25) is 4.79 Å². The number of aryl methyl sites for hydroxylation is 2. The number of halogens is 2. The molecule has 19 heavy (non-hydrogen) atoms. The van der Waals surface area contributed by atoms with Crippen LogP contribution in [-0.4, -0.2) is 5.91 Å². The van der Waals surface area contributed by atoms with E-state index in [0.717, 1.165) is 21.3 Å². The summed E-state index contributed by atoms with van der Waals surface area (Å²) < 4.78 is 1.02. The third-order valence-electron chi connectivity index (χ3n) is 2.85. The van der Waals surface area contributed by atoms with Crippen molar-refractivity contribution in [2.45, 2.75) is 13.8 Å². The summed E-state index contributed by atoms with van der Waals surface area (Å²) in [5.74, 6) is -0.129. The van der Waals surface area contributed by atoms with E-state index in [0.29, 0.717) is 10.6 Å². The van der Waals surface area contributed by atoms with E-state index in [4.69, 9.17) is 11.6 Å². The first-order chi connectivity index (χ1) is 8.97. The molecule has 2 nitrogen and oxygen atoms in total. The molecule has 0 heterocycles. The lowest BCUT2D eigenvalue weighted by Gasteiger charge is -2.09. The third kappa shape index (κ3) is 3.37. The van der Waals surface area contributed by atoms with Crippen molar-refractivity contribution in [3.63, 3.8) is 0 Å². The lowest BCUT2D eigenvalue weighted by atomic mass is 10.1. The average molecular weight is 339 g/mol. The molecular weight excluding hydrogens is 326 g/mol. The molecule has 0 radical (unpaired) electrons. The third-order valence-corrected chi connectivity index (χ3v) is 3.97. The quantitative estimate of drug-likeness (QED) is 0.823. The Labute approximate surface area is 125 Å². The van der Waals surface area contributed by atoms with Gasteiger partial charge in [0.25, 0.3) is 5.91 Å². The van der Waals surface area contributed by atoms with E-state index in [-0.39, 0.29) is 5.91 Å². The summed E-state index contributed by atoms with van der Waals surface area (Å²) in [6.07, 6.45) is 0. The summed E-state index contributed by atoms with van der Waals surface area (Å²) in [5, 5.41) is 3.52. The number of anilines is 1. The molecule has 1 N–H and O–H groups in total. The Morgan fingerprint density at radius 2 is 1.84 bits per heavy atom. The minimum absolute atomic E-state index is 0.129. The normalized spacial score (nSPS) is 10.3.